The average Bonchev–Trinajstić information content (AvgIpc) is 3.35. The van der Waals surface area contributed by atoms with Gasteiger partial charge in [0.2, 0.25) is 0 Å². The van der Waals surface area contributed by atoms with Gasteiger partial charge in [-0.15, -0.1) is 0 Å². The molecule has 2 aromatic carbocycles. The van der Waals surface area contributed by atoms with Crippen molar-refractivity contribution in [3.8, 4) is 17.1 Å². The van der Waals surface area contributed by atoms with Crippen molar-refractivity contribution in [3.63, 3.8) is 0 Å². The van der Waals surface area contributed by atoms with E-state index >= 15 is 0 Å². The molecule has 9 heteroatoms. The number of carboxylic acids is 1. The lowest BCUT2D eigenvalue weighted by atomic mass is 10.1. The van der Waals surface area contributed by atoms with Crippen LogP contribution in [-0.2, 0) is 4.79 Å². The molecule has 0 bridgehead atoms. The van der Waals surface area contributed by atoms with Gasteiger partial charge in [-0.1, -0.05) is 29.3 Å². The van der Waals surface area contributed by atoms with Crippen LogP contribution in [0, 0.1) is 6.92 Å². The van der Waals surface area contributed by atoms with Gasteiger partial charge >= 0.3 is 5.97 Å². The third-order valence-electron chi connectivity index (χ3n) is 4.86. The molecule has 7 nitrogen and oxygen atoms in total. The Morgan fingerprint density at radius 1 is 1.15 bits per heavy atom. The van der Waals surface area contributed by atoms with Crippen LogP contribution < -0.4 is 4.74 Å². The van der Waals surface area contributed by atoms with Gasteiger partial charge in [0.15, 0.2) is 0 Å². The summed E-state index contributed by atoms with van der Waals surface area (Å²) in [6.07, 6.45) is 1.49. The van der Waals surface area contributed by atoms with Crippen molar-refractivity contribution in [1.82, 2.24) is 4.90 Å². The van der Waals surface area contributed by atoms with E-state index in [2.05, 4.69) is 0 Å². The Kier molecular flexibility index (Phi) is 6.57. The molecule has 0 saturated carbocycles. The van der Waals surface area contributed by atoms with E-state index in [1.54, 1.807) is 18.2 Å². The molecule has 0 radical (unpaired) electrons. The zero-order valence-corrected chi connectivity index (χ0v) is 19.0. The average molecular weight is 484 g/mol. The SMILES string of the molecule is Cc1ccc(OCCN2C(=O)S/C(=C\c3ccc(-c4ccc(Cl)c(C(=O)O)c4)o3)C2=O)cc1. The Balaban J connectivity index is 1.43. The summed E-state index contributed by atoms with van der Waals surface area (Å²) in [4.78, 5) is 37.6. The van der Waals surface area contributed by atoms with Crippen LogP contribution in [0.4, 0.5) is 4.79 Å². The molecule has 1 aliphatic rings. The smallest absolute Gasteiger partial charge is 0.337 e. The molecule has 1 N–H and O–H groups in total. The molecule has 168 valence electrons. The Labute approximate surface area is 198 Å². The third kappa shape index (κ3) is 5.13. The maximum Gasteiger partial charge on any atom is 0.337 e. The number of aryl methyl sites for hydroxylation is 1. The predicted octanol–water partition coefficient (Wildman–Crippen LogP) is 5.72. The van der Waals surface area contributed by atoms with Gasteiger partial charge in [-0.3, -0.25) is 14.5 Å². The summed E-state index contributed by atoms with van der Waals surface area (Å²) in [6.45, 7) is 2.28. The number of rotatable bonds is 7. The highest BCUT2D eigenvalue weighted by atomic mass is 35.5. The summed E-state index contributed by atoms with van der Waals surface area (Å²) in [7, 11) is 0. The second-order valence-corrected chi connectivity index (χ2v) is 8.60. The largest absolute Gasteiger partial charge is 0.492 e. The van der Waals surface area contributed by atoms with Crippen molar-refractivity contribution in [2.24, 2.45) is 0 Å². The lowest BCUT2D eigenvalue weighted by Gasteiger charge is -2.13. The topological polar surface area (TPSA) is 97.1 Å². The number of furan rings is 1. The maximum atomic E-state index is 12.7. The number of imide groups is 1. The van der Waals surface area contributed by atoms with Gasteiger partial charge in [-0.25, -0.2) is 4.79 Å². The van der Waals surface area contributed by atoms with Gasteiger partial charge in [0.25, 0.3) is 11.1 Å². The van der Waals surface area contributed by atoms with Crippen LogP contribution in [0.1, 0.15) is 21.7 Å². The number of carbonyl (C=O) groups excluding carboxylic acids is 2. The molecule has 1 fully saturated rings. The van der Waals surface area contributed by atoms with Crippen molar-refractivity contribution in [1.29, 1.82) is 0 Å². The molecule has 3 aromatic rings. The molecule has 4 rings (SSSR count). The van der Waals surface area contributed by atoms with E-state index in [0.29, 0.717) is 22.8 Å². The number of hydrogen-bond donors (Lipinski definition) is 1. The first kappa shape index (κ1) is 22.7. The number of ether oxygens (including phenoxy) is 1. The minimum Gasteiger partial charge on any atom is -0.492 e. The fraction of sp³-hybridized carbons (Fsp3) is 0.125. The van der Waals surface area contributed by atoms with Crippen LogP contribution in [0.25, 0.3) is 17.4 Å². The molecule has 0 atom stereocenters. The van der Waals surface area contributed by atoms with Crippen LogP contribution in [0.3, 0.4) is 0 Å². The van der Waals surface area contributed by atoms with E-state index < -0.39 is 11.9 Å². The molecular weight excluding hydrogens is 466 g/mol. The second kappa shape index (κ2) is 9.56. The zero-order valence-electron chi connectivity index (χ0n) is 17.4. The van der Waals surface area contributed by atoms with Gasteiger partial charge in [0, 0.05) is 11.6 Å². The van der Waals surface area contributed by atoms with E-state index in [9.17, 15) is 19.5 Å². The normalized spacial score (nSPS) is 14.8. The lowest BCUT2D eigenvalue weighted by Crippen LogP contribution is -2.32. The monoisotopic (exact) mass is 483 g/mol. The van der Waals surface area contributed by atoms with Crippen molar-refractivity contribution in [2.75, 3.05) is 13.2 Å². The van der Waals surface area contributed by atoms with Crippen molar-refractivity contribution < 1.29 is 28.6 Å². The number of aromatic carboxylic acids is 1. The molecule has 33 heavy (non-hydrogen) atoms. The Bertz CT molecular complexity index is 1260. The number of thioether (sulfide) groups is 1. The highest BCUT2D eigenvalue weighted by molar-refractivity contribution is 8.18. The fourth-order valence-corrected chi connectivity index (χ4v) is 4.18. The van der Waals surface area contributed by atoms with Gasteiger partial charge < -0.3 is 14.3 Å². The summed E-state index contributed by atoms with van der Waals surface area (Å²) in [6, 6.07) is 15.3. The van der Waals surface area contributed by atoms with Crippen molar-refractivity contribution in [2.45, 2.75) is 6.92 Å². The van der Waals surface area contributed by atoms with Crippen LogP contribution in [0.2, 0.25) is 5.02 Å². The fourth-order valence-electron chi connectivity index (χ4n) is 3.14. The molecule has 1 aliphatic heterocycles. The van der Waals surface area contributed by atoms with E-state index in [4.69, 9.17) is 20.8 Å². The molecule has 1 aromatic heterocycles. The molecule has 1 saturated heterocycles. The number of hydrogen-bond acceptors (Lipinski definition) is 6. The van der Waals surface area contributed by atoms with Gasteiger partial charge in [-0.05, 0) is 61.2 Å². The first-order chi connectivity index (χ1) is 15.8. The minimum atomic E-state index is -1.14. The quantitative estimate of drug-likeness (QED) is 0.429. The number of halogens is 1. The summed E-state index contributed by atoms with van der Waals surface area (Å²) in [5.41, 5.74) is 1.59. The summed E-state index contributed by atoms with van der Waals surface area (Å²) in [5.74, 6) is -0.132. The van der Waals surface area contributed by atoms with Gasteiger partial charge in [-0.2, -0.15) is 0 Å². The number of benzene rings is 2. The van der Waals surface area contributed by atoms with Gasteiger partial charge in [0.05, 0.1) is 22.0 Å². The zero-order chi connectivity index (χ0) is 23.5. The number of carbonyl (C=O) groups is 3. The molecular formula is C24H18ClNO6S. The van der Waals surface area contributed by atoms with Crippen LogP contribution in [0.5, 0.6) is 5.75 Å². The van der Waals surface area contributed by atoms with E-state index in [1.165, 1.54) is 18.2 Å². The minimum absolute atomic E-state index is 0.0407. The van der Waals surface area contributed by atoms with Crippen LogP contribution in [0.15, 0.2) is 63.9 Å². The Hall–Kier alpha value is -3.49. The number of carboxylic acid groups (broad SMARTS) is 1. The summed E-state index contributed by atoms with van der Waals surface area (Å²) in [5, 5.41) is 8.98. The summed E-state index contributed by atoms with van der Waals surface area (Å²) < 4.78 is 11.4. The molecule has 2 heterocycles. The third-order valence-corrected chi connectivity index (χ3v) is 6.10. The Morgan fingerprint density at radius 3 is 2.64 bits per heavy atom. The molecule has 0 unspecified atom stereocenters. The van der Waals surface area contributed by atoms with Gasteiger partial charge in [0.1, 0.15) is 23.9 Å². The van der Waals surface area contributed by atoms with Crippen molar-refractivity contribution >= 4 is 46.6 Å². The molecule has 2 amide bonds. The first-order valence-corrected chi connectivity index (χ1v) is 11.1. The van der Waals surface area contributed by atoms with E-state index in [1.807, 2.05) is 31.2 Å². The lowest BCUT2D eigenvalue weighted by molar-refractivity contribution is -0.123. The highest BCUT2D eigenvalue weighted by Gasteiger charge is 2.35. The van der Waals surface area contributed by atoms with Crippen LogP contribution in [-0.4, -0.2) is 40.3 Å². The number of amides is 2. The Morgan fingerprint density at radius 2 is 1.91 bits per heavy atom. The second-order valence-electron chi connectivity index (χ2n) is 7.20. The highest BCUT2D eigenvalue weighted by Crippen LogP contribution is 2.33. The van der Waals surface area contributed by atoms with E-state index in [0.717, 1.165) is 22.2 Å². The standard InChI is InChI=1S/C24H18ClNO6S/c1-14-2-5-16(6-3-14)31-11-10-26-22(27)21(33-24(26)30)13-17-7-9-20(32-17)15-4-8-19(25)18(12-15)23(28)29/h2-9,12-13H,10-11H2,1H3,(H,28,29)/b21-13-. The first-order valence-electron chi connectivity index (χ1n) is 9.90. The van der Waals surface area contributed by atoms with Crippen LogP contribution >= 0.6 is 23.4 Å². The predicted molar refractivity (Wildman–Crippen MR) is 125 cm³/mol. The molecule has 0 spiro atoms. The summed E-state index contributed by atoms with van der Waals surface area (Å²) >= 11 is 6.74. The number of nitrogens with zero attached hydrogens (tertiary/aromatic N) is 1. The maximum absolute atomic E-state index is 12.7. The molecule has 0 aliphatic carbocycles. The van der Waals surface area contributed by atoms with Crippen molar-refractivity contribution in [3.05, 3.63) is 81.4 Å². The van der Waals surface area contributed by atoms with E-state index in [-0.39, 0.29) is 33.9 Å².